The Morgan fingerprint density at radius 2 is 2.11 bits per heavy atom. The lowest BCUT2D eigenvalue weighted by Crippen LogP contribution is -2.45. The van der Waals surface area contributed by atoms with Crippen LogP contribution in [-0.2, 0) is 14.8 Å². The number of carbonyl (C=O) groups is 1. The standard InChI is InChI=1S/C10H14BrN3O3S/c1-10(2,4-9(12)15)14-18(16,17)8-3-7(11)5-13-6-8/h3,5-6,14H,4H2,1-2H3,(H2,12,15). The van der Waals surface area contributed by atoms with Crippen molar-refractivity contribution in [2.24, 2.45) is 5.73 Å². The maximum atomic E-state index is 12.1. The minimum absolute atomic E-state index is 0.0226. The molecule has 1 aromatic rings. The predicted molar refractivity (Wildman–Crippen MR) is 70.1 cm³/mol. The first kappa shape index (κ1) is 15.1. The number of pyridine rings is 1. The molecule has 100 valence electrons. The number of primary amides is 1. The summed E-state index contributed by atoms with van der Waals surface area (Å²) in [5.74, 6) is -0.574. The average Bonchev–Trinajstić information content (AvgIpc) is 2.13. The summed E-state index contributed by atoms with van der Waals surface area (Å²) in [6.07, 6.45) is 2.62. The van der Waals surface area contributed by atoms with E-state index in [-0.39, 0.29) is 11.3 Å². The summed E-state index contributed by atoms with van der Waals surface area (Å²) >= 11 is 3.15. The quantitative estimate of drug-likeness (QED) is 0.829. The smallest absolute Gasteiger partial charge is 0.242 e. The van der Waals surface area contributed by atoms with E-state index >= 15 is 0 Å². The molecule has 0 atom stereocenters. The van der Waals surface area contributed by atoms with Crippen molar-refractivity contribution < 1.29 is 13.2 Å². The molecular formula is C10H14BrN3O3S. The highest BCUT2D eigenvalue weighted by molar-refractivity contribution is 9.10. The van der Waals surface area contributed by atoms with Gasteiger partial charge in [0.2, 0.25) is 15.9 Å². The number of hydrogen-bond donors (Lipinski definition) is 2. The Balaban J connectivity index is 2.99. The van der Waals surface area contributed by atoms with Crippen LogP contribution in [0.4, 0.5) is 0 Å². The lowest BCUT2D eigenvalue weighted by atomic mass is 10.0. The Labute approximate surface area is 114 Å². The molecule has 8 heteroatoms. The van der Waals surface area contributed by atoms with Crippen LogP contribution in [0.5, 0.6) is 0 Å². The van der Waals surface area contributed by atoms with Gasteiger partial charge in [0.15, 0.2) is 0 Å². The first-order valence-corrected chi connectivity index (χ1v) is 7.33. The van der Waals surface area contributed by atoms with Gasteiger partial charge in [-0.1, -0.05) is 0 Å². The molecule has 6 nitrogen and oxygen atoms in total. The van der Waals surface area contributed by atoms with Crippen LogP contribution in [0.2, 0.25) is 0 Å². The van der Waals surface area contributed by atoms with Gasteiger partial charge >= 0.3 is 0 Å². The number of carbonyl (C=O) groups excluding carboxylic acids is 1. The zero-order valence-electron chi connectivity index (χ0n) is 9.97. The monoisotopic (exact) mass is 335 g/mol. The number of aromatic nitrogens is 1. The minimum Gasteiger partial charge on any atom is -0.370 e. The predicted octanol–water partition coefficient (Wildman–Crippen LogP) is 0.776. The summed E-state index contributed by atoms with van der Waals surface area (Å²) in [6, 6.07) is 1.43. The Morgan fingerprint density at radius 1 is 1.50 bits per heavy atom. The highest BCUT2D eigenvalue weighted by atomic mass is 79.9. The molecule has 0 unspecified atom stereocenters. The van der Waals surface area contributed by atoms with Crippen LogP contribution in [0.25, 0.3) is 0 Å². The zero-order chi connectivity index (χ0) is 14.0. The van der Waals surface area contributed by atoms with Crippen molar-refractivity contribution in [3.63, 3.8) is 0 Å². The van der Waals surface area contributed by atoms with E-state index in [2.05, 4.69) is 25.6 Å². The molecule has 1 heterocycles. The summed E-state index contributed by atoms with van der Waals surface area (Å²) in [6.45, 7) is 3.17. The second-order valence-corrected chi connectivity index (χ2v) is 7.07. The summed E-state index contributed by atoms with van der Waals surface area (Å²) in [4.78, 5) is 14.7. The highest BCUT2D eigenvalue weighted by Crippen LogP contribution is 2.17. The van der Waals surface area contributed by atoms with Crippen molar-refractivity contribution in [1.29, 1.82) is 0 Å². The fourth-order valence-electron chi connectivity index (χ4n) is 1.43. The Kier molecular flexibility index (Phi) is 4.46. The maximum Gasteiger partial charge on any atom is 0.242 e. The normalized spacial score (nSPS) is 12.4. The van der Waals surface area contributed by atoms with E-state index in [1.807, 2.05) is 0 Å². The van der Waals surface area contributed by atoms with Crippen molar-refractivity contribution in [1.82, 2.24) is 9.71 Å². The van der Waals surface area contributed by atoms with Crippen LogP contribution in [0, 0.1) is 0 Å². The van der Waals surface area contributed by atoms with E-state index in [0.717, 1.165) is 0 Å². The van der Waals surface area contributed by atoms with Gasteiger partial charge in [-0.25, -0.2) is 13.1 Å². The topological polar surface area (TPSA) is 102 Å². The molecule has 0 aliphatic rings. The number of rotatable bonds is 5. The van der Waals surface area contributed by atoms with Gasteiger partial charge in [-0.2, -0.15) is 0 Å². The number of amides is 1. The first-order valence-electron chi connectivity index (χ1n) is 5.05. The molecule has 0 saturated heterocycles. The molecule has 1 rings (SSSR count). The molecule has 0 bridgehead atoms. The van der Waals surface area contributed by atoms with Crippen LogP contribution in [0.15, 0.2) is 27.8 Å². The molecule has 0 aromatic carbocycles. The largest absolute Gasteiger partial charge is 0.370 e. The summed E-state index contributed by atoms with van der Waals surface area (Å²) in [5, 5.41) is 0. The number of nitrogens with two attached hydrogens (primary N) is 1. The van der Waals surface area contributed by atoms with Crippen LogP contribution in [0.1, 0.15) is 20.3 Å². The molecule has 18 heavy (non-hydrogen) atoms. The van der Waals surface area contributed by atoms with E-state index in [1.54, 1.807) is 13.8 Å². The van der Waals surface area contributed by atoms with Gasteiger partial charge in [0.05, 0.1) is 0 Å². The molecule has 0 saturated carbocycles. The molecule has 0 radical (unpaired) electrons. The van der Waals surface area contributed by atoms with Crippen LogP contribution in [-0.4, -0.2) is 24.8 Å². The lowest BCUT2D eigenvalue weighted by molar-refractivity contribution is -0.119. The molecule has 0 spiro atoms. The maximum absolute atomic E-state index is 12.1. The molecule has 0 aliphatic heterocycles. The third kappa shape index (κ3) is 4.35. The van der Waals surface area contributed by atoms with Gasteiger partial charge in [0.25, 0.3) is 0 Å². The SMILES string of the molecule is CC(C)(CC(N)=O)NS(=O)(=O)c1cncc(Br)c1. The van der Waals surface area contributed by atoms with Crippen molar-refractivity contribution in [2.75, 3.05) is 0 Å². The van der Waals surface area contributed by atoms with E-state index in [1.165, 1.54) is 18.5 Å². The molecule has 0 aliphatic carbocycles. The third-order valence-electron chi connectivity index (χ3n) is 2.02. The summed E-state index contributed by atoms with van der Waals surface area (Å²) in [5.41, 5.74) is 4.12. The van der Waals surface area contributed by atoms with E-state index in [9.17, 15) is 13.2 Å². The number of hydrogen-bond acceptors (Lipinski definition) is 4. The van der Waals surface area contributed by atoms with Crippen molar-refractivity contribution >= 4 is 31.9 Å². The lowest BCUT2D eigenvalue weighted by Gasteiger charge is -2.24. The Morgan fingerprint density at radius 3 is 2.61 bits per heavy atom. The van der Waals surface area contributed by atoms with E-state index in [0.29, 0.717) is 4.47 Å². The van der Waals surface area contributed by atoms with Gasteiger partial charge in [-0.05, 0) is 35.8 Å². The molecule has 0 fully saturated rings. The highest BCUT2D eigenvalue weighted by Gasteiger charge is 2.28. The fourth-order valence-corrected chi connectivity index (χ4v) is 3.35. The van der Waals surface area contributed by atoms with E-state index < -0.39 is 21.5 Å². The van der Waals surface area contributed by atoms with Gasteiger partial charge in [0.1, 0.15) is 4.90 Å². The van der Waals surface area contributed by atoms with Crippen LogP contribution >= 0.6 is 15.9 Å². The number of nitrogens with zero attached hydrogens (tertiary/aromatic N) is 1. The summed E-state index contributed by atoms with van der Waals surface area (Å²) < 4.78 is 27.1. The minimum atomic E-state index is -3.74. The van der Waals surface area contributed by atoms with Crippen LogP contribution in [0.3, 0.4) is 0 Å². The molecule has 1 aromatic heterocycles. The second kappa shape index (κ2) is 5.33. The number of sulfonamides is 1. The third-order valence-corrected chi connectivity index (χ3v) is 4.12. The van der Waals surface area contributed by atoms with Gasteiger partial charge < -0.3 is 5.73 Å². The molecule has 3 N–H and O–H groups in total. The number of nitrogens with one attached hydrogen (secondary N) is 1. The van der Waals surface area contributed by atoms with Gasteiger partial charge in [-0.3, -0.25) is 9.78 Å². The Bertz CT molecular complexity index is 557. The average molecular weight is 336 g/mol. The van der Waals surface area contributed by atoms with Crippen LogP contribution < -0.4 is 10.5 Å². The molecular weight excluding hydrogens is 322 g/mol. The van der Waals surface area contributed by atoms with Crippen molar-refractivity contribution in [3.05, 3.63) is 22.9 Å². The van der Waals surface area contributed by atoms with Crippen molar-refractivity contribution in [3.8, 4) is 0 Å². The molecule has 1 amide bonds. The van der Waals surface area contributed by atoms with E-state index in [4.69, 9.17) is 5.73 Å². The Hall–Kier alpha value is -0.990. The summed E-state index contributed by atoms with van der Waals surface area (Å²) in [7, 11) is -3.74. The second-order valence-electron chi connectivity index (χ2n) is 4.47. The zero-order valence-corrected chi connectivity index (χ0v) is 12.4. The number of halogens is 1. The fraction of sp³-hybridized carbons (Fsp3) is 0.400. The first-order chi connectivity index (χ1) is 8.12. The van der Waals surface area contributed by atoms with Gasteiger partial charge in [0, 0.05) is 28.8 Å². The van der Waals surface area contributed by atoms with Gasteiger partial charge in [-0.15, -0.1) is 0 Å². The van der Waals surface area contributed by atoms with Crippen molar-refractivity contribution in [2.45, 2.75) is 30.7 Å².